The summed E-state index contributed by atoms with van der Waals surface area (Å²) >= 11 is 0. The molecular formula is C13H17NO. The van der Waals surface area contributed by atoms with Crippen molar-refractivity contribution in [3.8, 4) is 0 Å². The van der Waals surface area contributed by atoms with E-state index in [2.05, 4.69) is 11.9 Å². The zero-order valence-electron chi connectivity index (χ0n) is 9.36. The summed E-state index contributed by atoms with van der Waals surface area (Å²) in [5, 5.41) is 0. The highest BCUT2D eigenvalue weighted by Crippen LogP contribution is 2.02. The average Bonchev–Trinajstić information content (AvgIpc) is 2.23. The number of rotatable bonds is 5. The van der Waals surface area contributed by atoms with Crippen molar-refractivity contribution in [1.29, 1.82) is 0 Å². The lowest BCUT2D eigenvalue weighted by atomic mass is 10.1. The first kappa shape index (κ1) is 11.6. The van der Waals surface area contributed by atoms with Crippen LogP contribution in [0.4, 0.5) is 0 Å². The number of aryl methyl sites for hydroxylation is 1. The van der Waals surface area contributed by atoms with Crippen LogP contribution in [0.25, 0.3) is 6.08 Å². The molecule has 0 N–H and O–H groups in total. The summed E-state index contributed by atoms with van der Waals surface area (Å²) < 4.78 is 0. The molecule has 1 heterocycles. The Morgan fingerprint density at radius 2 is 2.27 bits per heavy atom. The molecule has 0 amide bonds. The molecule has 0 atom stereocenters. The number of unbranched alkanes of at least 4 members (excludes halogenated alkanes) is 1. The Morgan fingerprint density at radius 3 is 2.93 bits per heavy atom. The summed E-state index contributed by atoms with van der Waals surface area (Å²) in [4.78, 5) is 15.6. The second-order valence-electron chi connectivity index (χ2n) is 3.61. The highest BCUT2D eigenvalue weighted by atomic mass is 16.1. The van der Waals surface area contributed by atoms with Gasteiger partial charge in [0.2, 0.25) is 0 Å². The lowest BCUT2D eigenvalue weighted by molar-refractivity contribution is -0.114. The number of hydrogen-bond donors (Lipinski definition) is 0. The molecule has 0 radical (unpaired) electrons. The van der Waals surface area contributed by atoms with Gasteiger partial charge in [-0.3, -0.25) is 9.78 Å². The summed E-state index contributed by atoms with van der Waals surface area (Å²) in [6.45, 7) is 4.02. The molecule has 0 aromatic carbocycles. The van der Waals surface area contributed by atoms with Gasteiger partial charge in [-0.05, 0) is 37.6 Å². The molecule has 1 aromatic heterocycles. The Kier molecular flexibility index (Phi) is 4.75. The van der Waals surface area contributed by atoms with Gasteiger partial charge in [-0.25, -0.2) is 0 Å². The van der Waals surface area contributed by atoms with Crippen LogP contribution in [-0.4, -0.2) is 10.8 Å². The van der Waals surface area contributed by atoms with Crippen molar-refractivity contribution in [2.24, 2.45) is 0 Å². The molecule has 0 saturated heterocycles. The monoisotopic (exact) mass is 203 g/mol. The topological polar surface area (TPSA) is 30.0 Å². The van der Waals surface area contributed by atoms with E-state index in [1.807, 2.05) is 25.1 Å². The van der Waals surface area contributed by atoms with Gasteiger partial charge >= 0.3 is 0 Å². The lowest BCUT2D eigenvalue weighted by Gasteiger charge is -1.95. The van der Waals surface area contributed by atoms with E-state index in [1.54, 1.807) is 12.2 Å². The number of pyridine rings is 1. The zero-order valence-corrected chi connectivity index (χ0v) is 9.36. The second-order valence-corrected chi connectivity index (χ2v) is 3.61. The molecule has 0 fully saturated rings. The normalized spacial score (nSPS) is 10.8. The zero-order chi connectivity index (χ0) is 11.1. The quantitative estimate of drug-likeness (QED) is 0.688. The maximum absolute atomic E-state index is 11.3. The first-order chi connectivity index (χ1) is 7.22. The third-order valence-corrected chi connectivity index (χ3v) is 2.13. The van der Waals surface area contributed by atoms with Gasteiger partial charge < -0.3 is 0 Å². The molecule has 2 heteroatoms. The number of hydrogen-bond acceptors (Lipinski definition) is 2. The first-order valence-electron chi connectivity index (χ1n) is 5.37. The Bertz CT molecular complexity index is 355. The molecule has 0 unspecified atom stereocenters. The van der Waals surface area contributed by atoms with Crippen LogP contribution in [0.1, 0.15) is 37.6 Å². The summed E-state index contributed by atoms with van der Waals surface area (Å²) in [5.41, 5.74) is 1.82. The van der Waals surface area contributed by atoms with Gasteiger partial charge in [0.1, 0.15) is 0 Å². The largest absolute Gasteiger partial charge is 0.295 e. The summed E-state index contributed by atoms with van der Waals surface area (Å²) in [6, 6.07) is 5.78. The number of carbonyl (C=O) groups is 1. The van der Waals surface area contributed by atoms with Gasteiger partial charge in [0, 0.05) is 12.1 Å². The minimum absolute atomic E-state index is 0.181. The minimum atomic E-state index is 0.181. The fraction of sp³-hybridized carbons (Fsp3) is 0.385. The lowest BCUT2D eigenvalue weighted by Crippen LogP contribution is -1.92. The highest BCUT2D eigenvalue weighted by Gasteiger charge is 1.95. The minimum Gasteiger partial charge on any atom is -0.295 e. The number of carbonyl (C=O) groups excluding carboxylic acids is 1. The van der Waals surface area contributed by atoms with Gasteiger partial charge in [0.15, 0.2) is 5.78 Å². The van der Waals surface area contributed by atoms with E-state index in [1.165, 1.54) is 0 Å². The van der Waals surface area contributed by atoms with Crippen LogP contribution in [0.15, 0.2) is 24.3 Å². The van der Waals surface area contributed by atoms with E-state index in [-0.39, 0.29) is 5.78 Å². The molecule has 0 bridgehead atoms. The van der Waals surface area contributed by atoms with Gasteiger partial charge in [0.25, 0.3) is 0 Å². The summed E-state index contributed by atoms with van der Waals surface area (Å²) in [5.74, 6) is 0.181. The van der Waals surface area contributed by atoms with Crippen LogP contribution >= 0.6 is 0 Å². The number of allylic oxidation sites excluding steroid dienone is 1. The van der Waals surface area contributed by atoms with Gasteiger partial charge in [0.05, 0.1) is 5.69 Å². The van der Waals surface area contributed by atoms with Crippen LogP contribution < -0.4 is 0 Å². The number of aromatic nitrogens is 1. The first-order valence-corrected chi connectivity index (χ1v) is 5.37. The molecule has 2 nitrogen and oxygen atoms in total. The van der Waals surface area contributed by atoms with Crippen LogP contribution in [0.3, 0.4) is 0 Å². The number of nitrogens with zero attached hydrogens (tertiary/aromatic N) is 1. The van der Waals surface area contributed by atoms with Crippen molar-refractivity contribution in [2.45, 2.75) is 33.1 Å². The van der Waals surface area contributed by atoms with E-state index in [4.69, 9.17) is 0 Å². The Morgan fingerprint density at radius 1 is 1.47 bits per heavy atom. The van der Waals surface area contributed by atoms with Crippen LogP contribution in [-0.2, 0) is 4.79 Å². The molecule has 1 rings (SSSR count). The Labute approximate surface area is 91.0 Å². The van der Waals surface area contributed by atoms with E-state index in [9.17, 15) is 4.79 Å². The Balaban J connectivity index is 2.53. The van der Waals surface area contributed by atoms with Gasteiger partial charge in [-0.15, -0.1) is 0 Å². The molecule has 1 aromatic rings. The van der Waals surface area contributed by atoms with Gasteiger partial charge in [-0.1, -0.05) is 19.4 Å². The molecule has 0 aliphatic rings. The highest BCUT2D eigenvalue weighted by molar-refractivity contribution is 5.93. The molecule has 0 saturated carbocycles. The predicted octanol–water partition coefficient (Wildman–Crippen LogP) is 3.16. The van der Waals surface area contributed by atoms with E-state index < -0.39 is 0 Å². The SMILES string of the molecule is CCCCC(=O)/C=C/c1cccc(C)n1. The summed E-state index contributed by atoms with van der Waals surface area (Å²) in [6.07, 6.45) is 6.06. The van der Waals surface area contributed by atoms with Crippen molar-refractivity contribution in [3.05, 3.63) is 35.7 Å². The molecular weight excluding hydrogens is 186 g/mol. The van der Waals surface area contributed by atoms with E-state index in [0.717, 1.165) is 24.2 Å². The van der Waals surface area contributed by atoms with Crippen molar-refractivity contribution in [3.63, 3.8) is 0 Å². The van der Waals surface area contributed by atoms with Crippen molar-refractivity contribution in [1.82, 2.24) is 4.98 Å². The summed E-state index contributed by atoms with van der Waals surface area (Å²) in [7, 11) is 0. The molecule has 15 heavy (non-hydrogen) atoms. The van der Waals surface area contributed by atoms with Crippen molar-refractivity contribution < 1.29 is 4.79 Å². The average molecular weight is 203 g/mol. The van der Waals surface area contributed by atoms with E-state index in [0.29, 0.717) is 6.42 Å². The predicted molar refractivity (Wildman–Crippen MR) is 62.5 cm³/mol. The van der Waals surface area contributed by atoms with Crippen molar-refractivity contribution >= 4 is 11.9 Å². The fourth-order valence-corrected chi connectivity index (χ4v) is 1.27. The maximum Gasteiger partial charge on any atom is 0.155 e. The van der Waals surface area contributed by atoms with Crippen LogP contribution in [0.5, 0.6) is 0 Å². The molecule has 0 spiro atoms. The molecule has 0 aliphatic carbocycles. The van der Waals surface area contributed by atoms with Crippen LogP contribution in [0, 0.1) is 6.92 Å². The maximum atomic E-state index is 11.3. The van der Waals surface area contributed by atoms with Gasteiger partial charge in [-0.2, -0.15) is 0 Å². The third-order valence-electron chi connectivity index (χ3n) is 2.13. The van der Waals surface area contributed by atoms with Crippen molar-refractivity contribution in [2.75, 3.05) is 0 Å². The smallest absolute Gasteiger partial charge is 0.155 e. The fourth-order valence-electron chi connectivity index (χ4n) is 1.27. The standard InChI is InChI=1S/C13H17NO/c1-3-4-8-13(15)10-9-12-7-5-6-11(2)14-12/h5-7,9-10H,3-4,8H2,1-2H3/b10-9+. The molecule has 80 valence electrons. The number of ketones is 1. The second kappa shape index (κ2) is 6.12. The van der Waals surface area contributed by atoms with E-state index >= 15 is 0 Å². The third kappa shape index (κ3) is 4.54. The van der Waals surface area contributed by atoms with Crippen LogP contribution in [0.2, 0.25) is 0 Å². The molecule has 0 aliphatic heterocycles. The Hall–Kier alpha value is -1.44.